The highest BCUT2D eigenvalue weighted by Gasteiger charge is 2.54. The van der Waals surface area contributed by atoms with Crippen LogP contribution in [0.25, 0.3) is 0 Å². The van der Waals surface area contributed by atoms with Crippen LogP contribution >= 0.6 is 0 Å². The van der Waals surface area contributed by atoms with E-state index in [-0.39, 0.29) is 6.54 Å². The van der Waals surface area contributed by atoms with Gasteiger partial charge in [-0.05, 0) is 48.5 Å². The van der Waals surface area contributed by atoms with Crippen molar-refractivity contribution in [3.8, 4) is 5.75 Å². The molecule has 12 heteroatoms. The number of aromatic nitrogens is 4. The average Bonchev–Trinajstić information content (AvgIpc) is 3.29. The maximum Gasteiger partial charge on any atom is 0.337 e. The molecule has 3 aromatic rings. The number of nitrogen functional groups attached to an aromatic ring is 1. The van der Waals surface area contributed by atoms with E-state index in [9.17, 15) is 9.90 Å². The third-order valence-corrected chi connectivity index (χ3v) is 6.26. The molecule has 3 atom stereocenters. The van der Waals surface area contributed by atoms with Gasteiger partial charge in [0.25, 0.3) is 0 Å². The molecule has 192 valence electrons. The number of carbonyl (C=O) groups excluding carboxylic acids is 1. The van der Waals surface area contributed by atoms with Crippen molar-refractivity contribution < 1.29 is 28.8 Å². The second kappa shape index (κ2) is 10.1. The van der Waals surface area contributed by atoms with E-state index in [4.69, 9.17) is 24.7 Å². The summed E-state index contributed by atoms with van der Waals surface area (Å²) in [6.45, 7) is 1.86. The first-order chi connectivity index (χ1) is 17.2. The normalized spacial score (nSPS) is 21.1. The van der Waals surface area contributed by atoms with Gasteiger partial charge in [-0.2, -0.15) is 4.80 Å². The quantitative estimate of drug-likeness (QED) is 0.264. The molecule has 1 aromatic heterocycles. The number of aliphatic hydroxyl groups excluding tert-OH is 1. The lowest BCUT2D eigenvalue weighted by molar-refractivity contribution is -0.237. The van der Waals surface area contributed by atoms with Crippen molar-refractivity contribution in [3.05, 3.63) is 59.4 Å². The summed E-state index contributed by atoms with van der Waals surface area (Å²) in [7, 11) is 5.93. The molecule has 0 radical (unpaired) electrons. The molecule has 0 amide bonds. The first-order valence-corrected chi connectivity index (χ1v) is 11.2. The zero-order valence-corrected chi connectivity index (χ0v) is 20.8. The molecule has 4 rings (SSSR count). The number of carbonyl (C=O) groups is 1. The van der Waals surface area contributed by atoms with Crippen LogP contribution in [0.4, 0.5) is 11.4 Å². The molecular weight excluding hydrogens is 468 g/mol. The Labute approximate surface area is 208 Å². The Kier molecular flexibility index (Phi) is 7.11. The summed E-state index contributed by atoms with van der Waals surface area (Å²) in [4.78, 5) is 15.5. The van der Waals surface area contributed by atoms with E-state index in [1.807, 2.05) is 11.0 Å². The van der Waals surface area contributed by atoms with E-state index in [1.54, 1.807) is 50.4 Å². The monoisotopic (exact) mass is 498 g/mol. The molecule has 1 aliphatic rings. The van der Waals surface area contributed by atoms with Crippen LogP contribution in [0.15, 0.2) is 42.5 Å². The third-order valence-electron chi connectivity index (χ3n) is 6.26. The summed E-state index contributed by atoms with van der Waals surface area (Å²) in [5.74, 6) is 0.416. The average molecular weight is 499 g/mol. The van der Waals surface area contributed by atoms with Crippen LogP contribution in [0.3, 0.4) is 0 Å². The van der Waals surface area contributed by atoms with Gasteiger partial charge >= 0.3 is 5.97 Å². The van der Waals surface area contributed by atoms with Crippen molar-refractivity contribution in [2.45, 2.75) is 37.5 Å². The minimum atomic E-state index is -1.31. The number of aryl methyl sites for hydroxylation is 1. The van der Waals surface area contributed by atoms with Gasteiger partial charge in [-0.3, -0.25) is 0 Å². The fourth-order valence-electron chi connectivity index (χ4n) is 4.58. The zero-order chi connectivity index (χ0) is 26.0. The molecule has 0 fully saturated rings. The van der Waals surface area contributed by atoms with E-state index >= 15 is 0 Å². The van der Waals surface area contributed by atoms with Gasteiger partial charge in [0, 0.05) is 31.2 Å². The van der Waals surface area contributed by atoms with Gasteiger partial charge in [-0.15, -0.1) is 10.2 Å². The lowest BCUT2D eigenvalue weighted by Gasteiger charge is -2.50. The summed E-state index contributed by atoms with van der Waals surface area (Å²) in [5, 5.41) is 24.3. The van der Waals surface area contributed by atoms with Crippen LogP contribution in [-0.2, 0) is 27.8 Å². The van der Waals surface area contributed by atoms with Crippen LogP contribution in [0.5, 0.6) is 5.75 Å². The minimum Gasteiger partial charge on any atom is -0.479 e. The fourth-order valence-corrected chi connectivity index (χ4v) is 4.58. The van der Waals surface area contributed by atoms with Crippen LogP contribution in [-0.4, -0.2) is 70.6 Å². The van der Waals surface area contributed by atoms with Gasteiger partial charge in [0.2, 0.25) is 0 Å². The molecule has 0 saturated heterocycles. The van der Waals surface area contributed by atoms with E-state index in [0.717, 1.165) is 0 Å². The van der Waals surface area contributed by atoms with Crippen molar-refractivity contribution in [3.63, 3.8) is 0 Å². The van der Waals surface area contributed by atoms with Gasteiger partial charge in [0.05, 0.1) is 32.3 Å². The number of nitrogens with two attached hydrogens (primary N) is 1. The molecule has 0 spiro atoms. The molecule has 12 nitrogen and oxygen atoms in total. The van der Waals surface area contributed by atoms with Crippen LogP contribution < -0.4 is 15.4 Å². The molecular formula is C24H30N6O6. The van der Waals surface area contributed by atoms with E-state index in [1.165, 1.54) is 26.1 Å². The lowest BCUT2D eigenvalue weighted by atomic mass is 9.83. The maximum absolute atomic E-state index is 12.3. The largest absolute Gasteiger partial charge is 0.479 e. The van der Waals surface area contributed by atoms with Crippen molar-refractivity contribution in [1.29, 1.82) is 0 Å². The fraction of sp³-hybridized carbons (Fsp3) is 0.417. The van der Waals surface area contributed by atoms with Crippen LogP contribution in [0, 0.1) is 0 Å². The Morgan fingerprint density at radius 3 is 2.64 bits per heavy atom. The molecule has 36 heavy (non-hydrogen) atoms. The number of methoxy groups -OCH3 is 3. The Morgan fingerprint density at radius 2 is 2.00 bits per heavy atom. The highest BCUT2D eigenvalue weighted by atomic mass is 16.7. The second-order valence-electron chi connectivity index (χ2n) is 8.64. The number of hydrogen-bond donors (Lipinski definition) is 2. The predicted molar refractivity (Wildman–Crippen MR) is 129 cm³/mol. The summed E-state index contributed by atoms with van der Waals surface area (Å²) in [5.41, 5.74) is 6.91. The lowest BCUT2D eigenvalue weighted by Crippen LogP contribution is -2.62. The molecule has 0 bridgehead atoms. The predicted octanol–water partition coefficient (Wildman–Crippen LogP) is 1.46. The number of aliphatic hydroxyl groups is 1. The van der Waals surface area contributed by atoms with Crippen molar-refractivity contribution >= 4 is 17.3 Å². The zero-order valence-electron chi connectivity index (χ0n) is 20.8. The first kappa shape index (κ1) is 25.4. The molecule has 0 aliphatic carbocycles. The smallest absolute Gasteiger partial charge is 0.337 e. The topological polar surface area (TPSA) is 147 Å². The first-order valence-electron chi connectivity index (χ1n) is 11.2. The summed E-state index contributed by atoms with van der Waals surface area (Å²) in [6, 6.07) is 11.4. The molecule has 1 aliphatic heterocycles. The Bertz CT molecular complexity index is 1230. The van der Waals surface area contributed by atoms with E-state index in [0.29, 0.717) is 34.1 Å². The Morgan fingerprint density at radius 1 is 1.25 bits per heavy atom. The van der Waals surface area contributed by atoms with Crippen LogP contribution in [0.1, 0.15) is 34.7 Å². The third kappa shape index (κ3) is 4.57. The van der Waals surface area contributed by atoms with Gasteiger partial charge in [0.1, 0.15) is 11.9 Å². The standard InChI is InChI=1S/C24H30N6O6/c1-24(23(34-4)35-5)21(31)20(17-12-15(25)9-10-18(17)36-24)30(13-19-26-28-29(2)27-19)16-8-6-7-14(11-16)22(32)33-3/h6-12,20-21,23,31H,13,25H2,1-5H3/t20-,21+,24-/m0/s1. The van der Waals surface area contributed by atoms with E-state index in [2.05, 4.69) is 15.4 Å². The number of tetrazole rings is 1. The molecule has 2 aromatic carbocycles. The molecule has 3 N–H and O–H groups in total. The Hall–Kier alpha value is -3.74. The number of ether oxygens (including phenoxy) is 4. The van der Waals surface area contributed by atoms with Gasteiger partial charge in [-0.1, -0.05) is 6.07 Å². The number of esters is 1. The van der Waals surface area contributed by atoms with Crippen molar-refractivity contribution in [2.24, 2.45) is 7.05 Å². The number of anilines is 2. The summed E-state index contributed by atoms with van der Waals surface area (Å²) < 4.78 is 22.2. The number of fused-ring (bicyclic) bond motifs is 1. The SMILES string of the molecule is COC(=O)c1cccc(N(Cc2nnn(C)n2)[C@H]2c3cc(N)ccc3O[C@](C)(C(OC)OC)[C@@H]2O)c1. The van der Waals surface area contributed by atoms with Gasteiger partial charge in [0.15, 0.2) is 17.7 Å². The molecule has 2 heterocycles. The Balaban J connectivity index is 1.91. The van der Waals surface area contributed by atoms with E-state index < -0.39 is 30.0 Å². The minimum absolute atomic E-state index is 0.148. The molecule has 0 saturated carbocycles. The summed E-state index contributed by atoms with van der Waals surface area (Å²) in [6.07, 6.45) is -2.09. The van der Waals surface area contributed by atoms with Crippen LogP contribution in [0.2, 0.25) is 0 Å². The number of nitrogens with zero attached hydrogens (tertiary/aromatic N) is 5. The number of hydrogen-bond acceptors (Lipinski definition) is 11. The maximum atomic E-state index is 12.3. The summed E-state index contributed by atoms with van der Waals surface area (Å²) >= 11 is 0. The van der Waals surface area contributed by atoms with Gasteiger partial charge < -0.3 is 34.7 Å². The molecule has 0 unspecified atom stereocenters. The van der Waals surface area contributed by atoms with Crippen molar-refractivity contribution in [2.75, 3.05) is 32.0 Å². The van der Waals surface area contributed by atoms with Crippen molar-refractivity contribution in [1.82, 2.24) is 20.2 Å². The second-order valence-corrected chi connectivity index (χ2v) is 8.64. The number of benzene rings is 2. The highest BCUT2D eigenvalue weighted by Crippen LogP contribution is 2.47. The highest BCUT2D eigenvalue weighted by molar-refractivity contribution is 5.90. The van der Waals surface area contributed by atoms with Gasteiger partial charge in [-0.25, -0.2) is 4.79 Å². The number of rotatable bonds is 8.